The molecular weight excluding hydrogens is 484 g/mol. The minimum absolute atomic E-state index is 0.226. The van der Waals surface area contributed by atoms with Crippen LogP contribution in [0, 0.1) is 11.8 Å². The van der Waals surface area contributed by atoms with Crippen molar-refractivity contribution in [3.8, 4) is 17.6 Å². The van der Waals surface area contributed by atoms with E-state index in [1.807, 2.05) is 0 Å². The van der Waals surface area contributed by atoms with Gasteiger partial charge in [0, 0.05) is 42.0 Å². The van der Waals surface area contributed by atoms with Gasteiger partial charge in [-0.15, -0.1) is 0 Å². The van der Waals surface area contributed by atoms with E-state index >= 15 is 0 Å². The van der Waals surface area contributed by atoms with Crippen LogP contribution in [0.2, 0.25) is 0 Å². The van der Waals surface area contributed by atoms with Gasteiger partial charge < -0.3 is 24.8 Å². The van der Waals surface area contributed by atoms with Gasteiger partial charge in [0.15, 0.2) is 9.84 Å². The first-order valence-electron chi connectivity index (χ1n) is 12.9. The van der Waals surface area contributed by atoms with E-state index in [1.165, 1.54) is 61.7 Å². The molecule has 1 aliphatic rings. The van der Waals surface area contributed by atoms with Crippen LogP contribution in [-0.2, 0) is 16.4 Å². The Labute approximate surface area is 221 Å². The highest BCUT2D eigenvalue weighted by Crippen LogP contribution is 2.31. The first-order chi connectivity index (χ1) is 17.7. The largest absolute Gasteiger partial charge is 0.495 e. The van der Waals surface area contributed by atoms with Gasteiger partial charge in [0.1, 0.15) is 5.75 Å². The average molecular weight is 523 g/mol. The maximum atomic E-state index is 11.8. The van der Waals surface area contributed by atoms with E-state index in [9.17, 15) is 8.42 Å². The number of anilines is 2. The number of fused-ring (bicyclic) bond motifs is 1. The van der Waals surface area contributed by atoms with Crippen molar-refractivity contribution in [2.24, 2.45) is 0 Å². The molecular formula is C29H38N4O3S. The third-order valence-electron chi connectivity index (χ3n) is 7.23. The van der Waals surface area contributed by atoms with Crippen molar-refractivity contribution in [2.75, 3.05) is 44.6 Å². The minimum atomic E-state index is -3.30. The van der Waals surface area contributed by atoms with E-state index in [0.717, 1.165) is 12.2 Å². The zero-order chi connectivity index (χ0) is 26.6. The second-order valence-corrected chi connectivity index (χ2v) is 11.9. The molecule has 0 bridgehead atoms. The van der Waals surface area contributed by atoms with Crippen LogP contribution in [-0.4, -0.2) is 64.0 Å². The third kappa shape index (κ3) is 6.23. The molecule has 0 radical (unpaired) electrons. The van der Waals surface area contributed by atoms with Crippen LogP contribution in [0.1, 0.15) is 38.3 Å². The standard InChI is InChI=1S/C29H38N4O3S/c1-6-33-23(9-8-18-30-27-17-16-24(37(5,34)35)20-29(27)36-4)19-25-26(10-7-11-28(25)33)31-21-12-14-22(15-13-21)32(2)3/h7,10-11,16-17,19-22,30-31H,6,12-15,18H2,1-5H3. The summed E-state index contributed by atoms with van der Waals surface area (Å²) in [7, 11) is 2.58. The molecule has 0 aliphatic heterocycles. The lowest BCUT2D eigenvalue weighted by Crippen LogP contribution is -2.36. The fraction of sp³-hybridized carbons (Fsp3) is 0.448. The molecule has 8 heteroatoms. The quantitative estimate of drug-likeness (QED) is 0.413. The summed E-state index contributed by atoms with van der Waals surface area (Å²) in [6.07, 6.45) is 6.00. The summed E-state index contributed by atoms with van der Waals surface area (Å²) in [4.78, 5) is 2.57. The summed E-state index contributed by atoms with van der Waals surface area (Å²) >= 11 is 0. The van der Waals surface area contributed by atoms with E-state index in [2.05, 4.69) is 77.2 Å². The number of aromatic nitrogens is 1. The lowest BCUT2D eigenvalue weighted by molar-refractivity contribution is 0.221. The highest BCUT2D eigenvalue weighted by atomic mass is 32.2. The maximum absolute atomic E-state index is 11.8. The predicted molar refractivity (Wildman–Crippen MR) is 152 cm³/mol. The van der Waals surface area contributed by atoms with Crippen molar-refractivity contribution in [1.82, 2.24) is 9.47 Å². The molecule has 1 saturated carbocycles. The number of nitrogens with zero attached hydrogens (tertiary/aromatic N) is 2. The topological polar surface area (TPSA) is 75.6 Å². The number of ether oxygens (including phenoxy) is 1. The summed E-state index contributed by atoms with van der Waals surface area (Å²) in [6, 6.07) is 14.6. The van der Waals surface area contributed by atoms with Crippen LogP contribution in [0.15, 0.2) is 47.4 Å². The van der Waals surface area contributed by atoms with Crippen LogP contribution >= 0.6 is 0 Å². The minimum Gasteiger partial charge on any atom is -0.495 e. The van der Waals surface area contributed by atoms with Crippen LogP contribution < -0.4 is 15.4 Å². The van der Waals surface area contributed by atoms with Gasteiger partial charge in [-0.2, -0.15) is 0 Å². The number of nitrogens with one attached hydrogen (secondary N) is 2. The van der Waals surface area contributed by atoms with E-state index < -0.39 is 9.84 Å². The Kier molecular flexibility index (Phi) is 8.35. The normalized spacial score (nSPS) is 17.9. The Morgan fingerprint density at radius 3 is 2.49 bits per heavy atom. The lowest BCUT2D eigenvalue weighted by Gasteiger charge is -2.33. The molecule has 1 aliphatic carbocycles. The first kappa shape index (κ1) is 26.9. The molecule has 0 spiro atoms. The van der Waals surface area contributed by atoms with Crippen molar-refractivity contribution in [1.29, 1.82) is 0 Å². The highest BCUT2D eigenvalue weighted by molar-refractivity contribution is 7.90. The van der Waals surface area contributed by atoms with Crippen molar-refractivity contribution < 1.29 is 13.2 Å². The van der Waals surface area contributed by atoms with Crippen molar-refractivity contribution in [2.45, 2.75) is 56.1 Å². The van der Waals surface area contributed by atoms with E-state index in [-0.39, 0.29) is 4.90 Å². The molecule has 0 saturated heterocycles. The van der Waals surface area contributed by atoms with Gasteiger partial charge >= 0.3 is 0 Å². The molecule has 2 aromatic carbocycles. The van der Waals surface area contributed by atoms with E-state index in [0.29, 0.717) is 30.1 Å². The number of hydrogen-bond acceptors (Lipinski definition) is 6. The third-order valence-corrected chi connectivity index (χ3v) is 8.34. The molecule has 4 rings (SSSR count). The Morgan fingerprint density at radius 1 is 1.08 bits per heavy atom. The molecule has 198 valence electrons. The van der Waals surface area contributed by atoms with Crippen LogP contribution in [0.4, 0.5) is 11.4 Å². The molecule has 0 atom stereocenters. The Bertz CT molecular complexity index is 1410. The SMILES string of the molecule is CCn1c(C#CCNc2ccc(S(C)(=O)=O)cc2OC)cc2c(NC3CCC(N(C)C)CC3)cccc21. The van der Waals surface area contributed by atoms with E-state index in [1.54, 1.807) is 12.1 Å². The zero-order valence-corrected chi connectivity index (χ0v) is 23.3. The predicted octanol–water partition coefficient (Wildman–Crippen LogP) is 4.82. The van der Waals surface area contributed by atoms with Gasteiger partial charge in [0.25, 0.3) is 0 Å². The Hall–Kier alpha value is -3.15. The molecule has 7 nitrogen and oxygen atoms in total. The average Bonchev–Trinajstić information content (AvgIpc) is 3.24. The molecule has 3 aromatic rings. The smallest absolute Gasteiger partial charge is 0.175 e. The Balaban J connectivity index is 1.49. The summed E-state index contributed by atoms with van der Waals surface area (Å²) in [6.45, 7) is 3.37. The molecule has 1 heterocycles. The highest BCUT2D eigenvalue weighted by Gasteiger charge is 2.23. The molecule has 0 amide bonds. The summed E-state index contributed by atoms with van der Waals surface area (Å²) in [5.74, 6) is 7.02. The molecule has 1 aromatic heterocycles. The van der Waals surface area contributed by atoms with Crippen LogP contribution in [0.25, 0.3) is 10.9 Å². The van der Waals surface area contributed by atoms with Crippen LogP contribution in [0.5, 0.6) is 5.75 Å². The van der Waals surface area contributed by atoms with Gasteiger partial charge in [0.2, 0.25) is 0 Å². The second-order valence-electron chi connectivity index (χ2n) is 9.92. The van der Waals surface area contributed by atoms with Gasteiger partial charge in [-0.1, -0.05) is 12.0 Å². The zero-order valence-electron chi connectivity index (χ0n) is 22.5. The van der Waals surface area contributed by atoms with Gasteiger partial charge in [0.05, 0.1) is 35.4 Å². The fourth-order valence-corrected chi connectivity index (χ4v) is 5.77. The van der Waals surface area contributed by atoms with Crippen LogP contribution in [0.3, 0.4) is 0 Å². The van der Waals surface area contributed by atoms with Crippen molar-refractivity contribution in [3.63, 3.8) is 0 Å². The number of benzene rings is 2. The summed E-state index contributed by atoms with van der Waals surface area (Å²) in [5, 5.41) is 8.26. The molecule has 2 N–H and O–H groups in total. The fourth-order valence-electron chi connectivity index (χ4n) is 5.13. The first-order valence-corrected chi connectivity index (χ1v) is 14.8. The van der Waals surface area contributed by atoms with E-state index in [4.69, 9.17) is 4.74 Å². The maximum Gasteiger partial charge on any atom is 0.175 e. The molecule has 1 fully saturated rings. The van der Waals surface area contributed by atoms with Crippen molar-refractivity contribution in [3.05, 3.63) is 48.2 Å². The monoisotopic (exact) mass is 522 g/mol. The molecule has 37 heavy (non-hydrogen) atoms. The summed E-state index contributed by atoms with van der Waals surface area (Å²) < 4.78 is 31.3. The van der Waals surface area contributed by atoms with Gasteiger partial charge in [-0.05, 0) is 83.0 Å². The Morgan fingerprint density at radius 2 is 1.84 bits per heavy atom. The van der Waals surface area contributed by atoms with Crippen molar-refractivity contribution >= 4 is 32.1 Å². The van der Waals surface area contributed by atoms with Gasteiger partial charge in [-0.25, -0.2) is 8.42 Å². The second kappa shape index (κ2) is 11.5. The molecule has 0 unspecified atom stereocenters. The van der Waals surface area contributed by atoms with Gasteiger partial charge in [-0.3, -0.25) is 0 Å². The summed E-state index contributed by atoms with van der Waals surface area (Å²) in [5.41, 5.74) is 4.04. The lowest BCUT2D eigenvalue weighted by atomic mass is 9.90. The number of sulfone groups is 1. The number of aryl methyl sites for hydroxylation is 1. The number of methoxy groups -OCH3 is 1. The number of hydrogen-bond donors (Lipinski definition) is 2. The number of rotatable bonds is 8.